The van der Waals surface area contributed by atoms with Gasteiger partial charge < -0.3 is 37.9 Å². The van der Waals surface area contributed by atoms with Gasteiger partial charge in [-0.15, -0.1) is 0 Å². The van der Waals surface area contributed by atoms with Crippen LogP contribution < -0.4 is 0 Å². The summed E-state index contributed by atoms with van der Waals surface area (Å²) in [6, 6.07) is 0. The van der Waals surface area contributed by atoms with Gasteiger partial charge in [0, 0.05) is 11.6 Å². The highest BCUT2D eigenvalue weighted by molar-refractivity contribution is 5.91. The molecule has 0 saturated heterocycles. The summed E-state index contributed by atoms with van der Waals surface area (Å²) in [5.74, 6) is 9.74. The van der Waals surface area contributed by atoms with Crippen molar-refractivity contribution < 1.29 is 76.3 Å². The number of carbonyl (C=O) groups excluding carboxylic acids is 8. The number of carbonyl (C=O) groups is 8. The molecule has 16 unspecified atom stereocenters. The van der Waals surface area contributed by atoms with Crippen molar-refractivity contribution in [3.8, 4) is 0 Å². The molecule has 14 aliphatic carbocycles. The molecule has 0 aromatic carbocycles. The highest BCUT2D eigenvalue weighted by Crippen LogP contribution is 2.66. The zero-order valence-electron chi connectivity index (χ0n) is 53.5. The van der Waals surface area contributed by atoms with Crippen molar-refractivity contribution in [1.29, 1.82) is 0 Å². The predicted octanol–water partition coefficient (Wildman–Crippen LogP) is 11.3. The molecule has 14 aliphatic rings. The predicted molar refractivity (Wildman–Crippen MR) is 326 cm³/mol. The highest BCUT2D eigenvalue weighted by atomic mass is 16.6. The minimum Gasteiger partial charge on any atom is -0.465 e. The Hall–Kier alpha value is -4.76. The molecular weight excluding hydrogens is 1140 g/mol. The molecule has 90 heavy (non-hydrogen) atoms. The first kappa shape index (κ1) is 62.7. The maximum absolute atomic E-state index is 13.4. The number of hydrogen-bond donors (Lipinski definition) is 0. The van der Waals surface area contributed by atoms with Crippen LogP contribution in [0.4, 0.5) is 0 Å². The molecule has 494 valence electrons. The van der Waals surface area contributed by atoms with Crippen LogP contribution in [0.5, 0.6) is 0 Å². The van der Waals surface area contributed by atoms with Crippen molar-refractivity contribution in [2.75, 3.05) is 52.9 Å². The van der Waals surface area contributed by atoms with Crippen LogP contribution in [0.1, 0.15) is 167 Å². The summed E-state index contributed by atoms with van der Waals surface area (Å²) in [6.45, 7) is 12.4. The third-order valence-corrected chi connectivity index (χ3v) is 28.0. The third kappa shape index (κ3) is 12.9. The van der Waals surface area contributed by atoms with Crippen molar-refractivity contribution in [3.63, 3.8) is 0 Å². The van der Waals surface area contributed by atoms with E-state index in [0.29, 0.717) is 240 Å². The van der Waals surface area contributed by atoms with E-state index >= 15 is 0 Å². The lowest BCUT2D eigenvalue weighted by Gasteiger charge is -2.32. The molecule has 14 rings (SSSR count). The van der Waals surface area contributed by atoms with Crippen LogP contribution in [0.2, 0.25) is 0 Å². The molecule has 16 nitrogen and oxygen atoms in total. The van der Waals surface area contributed by atoms with Crippen LogP contribution in [-0.4, -0.2) is 101 Å². The molecule has 16 heteroatoms. The van der Waals surface area contributed by atoms with Gasteiger partial charge in [0.15, 0.2) is 0 Å². The average Bonchev–Trinajstić information content (AvgIpc) is 1.64. The number of hydrogen-bond acceptors (Lipinski definition) is 16. The number of ether oxygens (including phenoxy) is 8. The van der Waals surface area contributed by atoms with Crippen LogP contribution >= 0.6 is 0 Å². The van der Waals surface area contributed by atoms with Crippen molar-refractivity contribution >= 4 is 47.8 Å². The molecule has 0 aromatic heterocycles. The highest BCUT2D eigenvalue weighted by Gasteiger charge is 2.60. The second-order valence-corrected chi connectivity index (χ2v) is 32.7. The fourth-order valence-electron chi connectivity index (χ4n) is 24.2. The summed E-state index contributed by atoms with van der Waals surface area (Å²) in [5, 5.41) is 0. The molecule has 0 aromatic rings. The lowest BCUT2D eigenvalue weighted by molar-refractivity contribution is -0.157. The van der Waals surface area contributed by atoms with Gasteiger partial charge in [0.1, 0.15) is 6.42 Å². The SMILES string of the molecule is C=CC(=O)OCC1C[C@@H]2C3CC(CC3COC(=O)C3CCC(C(=O)OCC4C[C@@H]5C6CC(COC(=O)CC(=O)OCC7CC8CC7[C@@H]7CC(COC(=O)C9CCC(C(=O)OCC%10CC%11CC%10[C@H]%10CC(COC(=O)C(=C)C)C[C@@H]%11%10)CC9)C[C@H]87)C(C6)[C@@H]5C4)CC3)[C@@H]2C1. The molecule has 0 N–H and O–H groups in total. The second-order valence-electron chi connectivity index (χ2n) is 32.7. The summed E-state index contributed by atoms with van der Waals surface area (Å²) < 4.78 is 46.5. The van der Waals surface area contributed by atoms with Crippen LogP contribution in [0.3, 0.4) is 0 Å². The molecule has 0 radical (unpaired) electrons. The summed E-state index contributed by atoms with van der Waals surface area (Å²) in [4.78, 5) is 103. The molecule has 8 bridgehead atoms. The Morgan fingerprint density at radius 2 is 0.589 bits per heavy atom. The van der Waals surface area contributed by atoms with E-state index in [1.165, 1.54) is 18.9 Å². The van der Waals surface area contributed by atoms with Crippen LogP contribution in [0.25, 0.3) is 0 Å². The molecule has 14 fully saturated rings. The Morgan fingerprint density at radius 3 is 0.889 bits per heavy atom. The van der Waals surface area contributed by atoms with Crippen molar-refractivity contribution in [2.45, 2.75) is 167 Å². The van der Waals surface area contributed by atoms with Crippen molar-refractivity contribution in [3.05, 3.63) is 24.8 Å². The van der Waals surface area contributed by atoms with Gasteiger partial charge >= 0.3 is 47.8 Å². The van der Waals surface area contributed by atoms with Crippen molar-refractivity contribution in [1.82, 2.24) is 0 Å². The van der Waals surface area contributed by atoms with Gasteiger partial charge in [-0.2, -0.15) is 0 Å². The number of rotatable bonds is 24. The average molecular weight is 1250 g/mol. The maximum atomic E-state index is 13.4. The summed E-state index contributed by atoms with van der Waals surface area (Å²) >= 11 is 0. The zero-order chi connectivity index (χ0) is 62.1. The van der Waals surface area contributed by atoms with E-state index in [0.717, 1.165) is 89.9 Å². The summed E-state index contributed by atoms with van der Waals surface area (Å²) in [6.07, 6.45) is 23.8. The quantitative estimate of drug-likeness (QED) is 0.0381. The van der Waals surface area contributed by atoms with Gasteiger partial charge in [-0.1, -0.05) is 13.2 Å². The van der Waals surface area contributed by atoms with E-state index in [-0.39, 0.29) is 77.7 Å². The maximum Gasteiger partial charge on any atom is 0.333 e. The largest absolute Gasteiger partial charge is 0.465 e. The van der Waals surface area contributed by atoms with Gasteiger partial charge in [0.05, 0.1) is 76.5 Å². The normalized spacial score (nSPS) is 44.1. The van der Waals surface area contributed by atoms with Gasteiger partial charge in [0.2, 0.25) is 0 Å². The molecule has 0 amide bonds. The Kier molecular flexibility index (Phi) is 18.5. The Balaban J connectivity index is 0.434. The zero-order valence-corrected chi connectivity index (χ0v) is 53.5. The summed E-state index contributed by atoms with van der Waals surface area (Å²) in [7, 11) is 0. The Labute approximate surface area is 532 Å². The molecule has 0 spiro atoms. The van der Waals surface area contributed by atoms with E-state index in [2.05, 4.69) is 13.2 Å². The first-order chi connectivity index (χ1) is 43.6. The van der Waals surface area contributed by atoms with Gasteiger partial charge in [-0.25, -0.2) is 9.59 Å². The lowest BCUT2D eigenvalue weighted by Crippen LogP contribution is -2.32. The Morgan fingerprint density at radius 1 is 0.322 bits per heavy atom. The van der Waals surface area contributed by atoms with E-state index in [4.69, 9.17) is 37.9 Å². The standard InChI is InChI=1S/C74H102O16/c1-4-67(75)83-30-39-13-55-49-23-53(61(27-49)63(55)17-39)36-89-73(81)45-9-5-43(6-10-45)71(79)87-32-41-15-57-47-21-51(59(25-47)64(57)19-41)34-84-68(76)29-69(77)85-35-52-22-48-26-60(52)65-20-42(16-58(48)65)33-88-72(80)44-7-11-46(12-8-44)74(82)90-37-54-24-50-28-62(54)66-18-40(14-56(50)66)31-86-70(78)38(2)3/h4,39-66H,1-2,5-37H2,3H3/t39?,40?,41?,42?,43?,44?,45?,46?,47?,48?,49?,50?,51?,52?,53?,54?,55-,56-,57+,58+,59?,60?,61?,62?,63-,64+,65+,66-/m0/s1. The van der Waals surface area contributed by atoms with Crippen LogP contribution in [0, 0.1) is 166 Å². The van der Waals surface area contributed by atoms with Gasteiger partial charge in [-0.3, -0.25) is 28.8 Å². The second kappa shape index (κ2) is 26.6. The topological polar surface area (TPSA) is 210 Å². The smallest absolute Gasteiger partial charge is 0.333 e. The van der Waals surface area contributed by atoms with E-state index in [1.807, 2.05) is 0 Å². The van der Waals surface area contributed by atoms with Crippen LogP contribution in [-0.2, 0) is 76.3 Å². The number of fused-ring (bicyclic) bond motifs is 20. The van der Waals surface area contributed by atoms with E-state index in [9.17, 15) is 38.4 Å². The fraction of sp³-hybridized carbons (Fsp3) is 0.838. The minimum absolute atomic E-state index is 0.111. The van der Waals surface area contributed by atoms with Crippen LogP contribution in [0.15, 0.2) is 24.8 Å². The first-order valence-electron chi connectivity index (χ1n) is 36.2. The molecule has 24 atom stereocenters. The Bertz CT molecular complexity index is 2740. The van der Waals surface area contributed by atoms with Gasteiger partial charge in [0.25, 0.3) is 0 Å². The van der Waals surface area contributed by atoms with Gasteiger partial charge in [-0.05, 0) is 303 Å². The monoisotopic (exact) mass is 1250 g/mol. The first-order valence-corrected chi connectivity index (χ1v) is 36.2. The van der Waals surface area contributed by atoms with E-state index < -0.39 is 11.9 Å². The minimum atomic E-state index is -0.514. The van der Waals surface area contributed by atoms with E-state index in [1.54, 1.807) is 6.92 Å². The molecule has 0 heterocycles. The van der Waals surface area contributed by atoms with Crippen molar-refractivity contribution in [2.24, 2.45) is 166 Å². The fourth-order valence-corrected chi connectivity index (χ4v) is 24.2. The lowest BCUT2D eigenvalue weighted by atomic mass is 9.76. The molecule has 14 saturated carbocycles. The number of esters is 8. The molecule has 0 aliphatic heterocycles. The summed E-state index contributed by atoms with van der Waals surface area (Å²) in [5.41, 5.74) is 0.441. The third-order valence-electron chi connectivity index (χ3n) is 28.0. The molecular formula is C74H102O16.